The van der Waals surface area contributed by atoms with Crippen LogP contribution in [0.15, 0.2) is 12.1 Å². The lowest BCUT2D eigenvalue weighted by atomic mass is 10.4. The highest BCUT2D eigenvalue weighted by Gasteiger charge is 2.17. The topological polar surface area (TPSA) is 124 Å². The molecule has 0 aliphatic heterocycles. The van der Waals surface area contributed by atoms with Gasteiger partial charge in [0.25, 0.3) is 5.91 Å². The van der Waals surface area contributed by atoms with Crippen molar-refractivity contribution in [3.8, 4) is 10.7 Å². The molecular formula is C11H12N4O3S. The Labute approximate surface area is 112 Å². The van der Waals surface area contributed by atoms with E-state index in [1.807, 2.05) is 0 Å². The molecule has 5 N–H and O–H groups in total. The minimum atomic E-state index is -0.706. The molecule has 0 aromatic carbocycles. The number of aromatic amines is 1. The lowest BCUT2D eigenvalue weighted by molar-refractivity contribution is 0.0532. The fraction of sp³-hybridized carbons (Fsp3) is 0.182. The number of rotatable bonds is 4. The summed E-state index contributed by atoms with van der Waals surface area (Å²) in [5, 5.41) is 0. The van der Waals surface area contributed by atoms with Gasteiger partial charge in [-0.1, -0.05) is 0 Å². The number of primary amides is 1. The number of hydrogen-bond donors (Lipinski definition) is 3. The number of nitrogen functional groups attached to an aromatic ring is 1. The van der Waals surface area contributed by atoms with Crippen LogP contribution in [0, 0.1) is 0 Å². The van der Waals surface area contributed by atoms with Gasteiger partial charge in [-0.25, -0.2) is 9.78 Å². The van der Waals surface area contributed by atoms with Gasteiger partial charge in [-0.2, -0.15) is 0 Å². The zero-order valence-corrected chi connectivity index (χ0v) is 10.9. The monoisotopic (exact) mass is 280 g/mol. The van der Waals surface area contributed by atoms with E-state index in [1.54, 1.807) is 19.1 Å². The summed E-state index contributed by atoms with van der Waals surface area (Å²) in [7, 11) is 0. The van der Waals surface area contributed by atoms with Crippen molar-refractivity contribution in [3.63, 3.8) is 0 Å². The van der Waals surface area contributed by atoms with Crippen LogP contribution >= 0.6 is 11.3 Å². The van der Waals surface area contributed by atoms with E-state index >= 15 is 0 Å². The molecule has 0 bridgehead atoms. The number of anilines is 1. The number of amides is 1. The van der Waals surface area contributed by atoms with Gasteiger partial charge < -0.3 is 21.2 Å². The van der Waals surface area contributed by atoms with Crippen LogP contribution in [-0.4, -0.2) is 28.5 Å². The Bertz CT molecular complexity index is 632. The number of imidazole rings is 1. The third kappa shape index (κ3) is 2.58. The standard InChI is InChI=1S/C11H12N4O3S/c1-2-18-11(17)6-4-3-5(19-6)10-14-7(9(13)16)8(12)15-10/h3-4H,2,12H2,1H3,(H2,13,16)(H,14,15). The second-order valence-corrected chi connectivity index (χ2v) is 4.68. The van der Waals surface area contributed by atoms with Crippen molar-refractivity contribution >= 4 is 29.0 Å². The molecule has 2 heterocycles. The molecule has 0 aliphatic carbocycles. The van der Waals surface area contributed by atoms with E-state index in [4.69, 9.17) is 16.2 Å². The lowest BCUT2D eigenvalue weighted by Gasteiger charge is -1.96. The Morgan fingerprint density at radius 1 is 1.47 bits per heavy atom. The minimum Gasteiger partial charge on any atom is -0.462 e. The molecule has 7 nitrogen and oxygen atoms in total. The number of carbonyl (C=O) groups excluding carboxylic acids is 2. The average Bonchev–Trinajstić information content (AvgIpc) is 2.95. The van der Waals surface area contributed by atoms with Crippen LogP contribution in [-0.2, 0) is 4.74 Å². The molecule has 0 atom stereocenters. The number of ether oxygens (including phenoxy) is 1. The predicted molar refractivity (Wildman–Crippen MR) is 70.8 cm³/mol. The Morgan fingerprint density at radius 3 is 2.79 bits per heavy atom. The Kier molecular flexibility index (Phi) is 3.52. The lowest BCUT2D eigenvalue weighted by Crippen LogP contribution is -2.13. The Balaban J connectivity index is 2.30. The zero-order chi connectivity index (χ0) is 14.0. The minimum absolute atomic E-state index is 0.0129. The van der Waals surface area contributed by atoms with E-state index in [1.165, 1.54) is 11.3 Å². The molecule has 0 unspecified atom stereocenters. The summed E-state index contributed by atoms with van der Waals surface area (Å²) in [5.41, 5.74) is 10.7. The van der Waals surface area contributed by atoms with Crippen LogP contribution in [0.4, 0.5) is 5.82 Å². The molecule has 0 spiro atoms. The first-order valence-electron chi connectivity index (χ1n) is 5.45. The number of thiophene rings is 1. The second-order valence-electron chi connectivity index (χ2n) is 3.60. The number of carbonyl (C=O) groups is 2. The van der Waals surface area contributed by atoms with Gasteiger partial charge in [-0.05, 0) is 19.1 Å². The summed E-state index contributed by atoms with van der Waals surface area (Å²) in [6, 6.07) is 3.32. The molecule has 0 radical (unpaired) electrons. The highest BCUT2D eigenvalue weighted by atomic mass is 32.1. The molecule has 2 aromatic heterocycles. The first-order chi connectivity index (χ1) is 9.02. The number of H-pyrrole nitrogens is 1. The van der Waals surface area contributed by atoms with Crippen LogP contribution in [0.1, 0.15) is 27.1 Å². The molecule has 8 heteroatoms. The third-order valence-electron chi connectivity index (χ3n) is 2.28. The molecule has 0 aliphatic rings. The summed E-state index contributed by atoms with van der Waals surface area (Å²) < 4.78 is 4.89. The molecule has 0 fully saturated rings. The fourth-order valence-corrected chi connectivity index (χ4v) is 2.31. The van der Waals surface area contributed by atoms with Gasteiger partial charge in [0, 0.05) is 0 Å². The molecule has 2 aromatic rings. The van der Waals surface area contributed by atoms with E-state index in [2.05, 4.69) is 9.97 Å². The van der Waals surface area contributed by atoms with Crippen molar-refractivity contribution in [3.05, 3.63) is 22.7 Å². The number of nitrogens with two attached hydrogens (primary N) is 2. The van der Waals surface area contributed by atoms with Crippen LogP contribution < -0.4 is 11.5 Å². The van der Waals surface area contributed by atoms with Gasteiger partial charge in [0.2, 0.25) is 0 Å². The summed E-state index contributed by atoms with van der Waals surface area (Å²) in [4.78, 5) is 30.5. The number of esters is 1. The van der Waals surface area contributed by atoms with Gasteiger partial charge in [0.1, 0.15) is 16.5 Å². The van der Waals surface area contributed by atoms with E-state index in [-0.39, 0.29) is 11.5 Å². The molecule has 0 saturated carbocycles. The Hall–Kier alpha value is -2.35. The van der Waals surface area contributed by atoms with Crippen molar-refractivity contribution in [2.24, 2.45) is 5.73 Å². The van der Waals surface area contributed by atoms with Gasteiger partial charge >= 0.3 is 5.97 Å². The van der Waals surface area contributed by atoms with E-state index in [0.29, 0.717) is 22.2 Å². The smallest absolute Gasteiger partial charge is 0.348 e. The molecule has 19 heavy (non-hydrogen) atoms. The zero-order valence-electron chi connectivity index (χ0n) is 10.1. The predicted octanol–water partition coefficient (Wildman–Crippen LogP) is 0.996. The van der Waals surface area contributed by atoms with E-state index in [0.717, 1.165) is 0 Å². The quantitative estimate of drug-likeness (QED) is 0.720. The average molecular weight is 280 g/mol. The highest BCUT2D eigenvalue weighted by molar-refractivity contribution is 7.17. The fourth-order valence-electron chi connectivity index (χ4n) is 1.47. The number of nitrogens with one attached hydrogen (secondary N) is 1. The second kappa shape index (κ2) is 5.11. The SMILES string of the molecule is CCOC(=O)c1ccc(-c2nc(C(N)=O)c(N)[nH]2)s1. The number of hydrogen-bond acceptors (Lipinski definition) is 6. The van der Waals surface area contributed by atoms with Crippen molar-refractivity contribution < 1.29 is 14.3 Å². The molecule has 0 saturated heterocycles. The van der Waals surface area contributed by atoms with Gasteiger partial charge in [0.15, 0.2) is 5.69 Å². The van der Waals surface area contributed by atoms with Crippen molar-refractivity contribution in [1.82, 2.24) is 9.97 Å². The summed E-state index contributed by atoms with van der Waals surface area (Å²) in [5.74, 6) is -0.601. The normalized spacial score (nSPS) is 10.4. The number of aromatic nitrogens is 2. The van der Waals surface area contributed by atoms with Crippen LogP contribution in [0.25, 0.3) is 10.7 Å². The maximum absolute atomic E-state index is 11.5. The summed E-state index contributed by atoms with van der Waals surface area (Å²) in [6.45, 7) is 2.05. The van der Waals surface area contributed by atoms with Gasteiger partial charge in [-0.3, -0.25) is 4.79 Å². The summed E-state index contributed by atoms with van der Waals surface area (Å²) >= 11 is 1.19. The van der Waals surface area contributed by atoms with Crippen LogP contribution in [0.5, 0.6) is 0 Å². The molecule has 2 rings (SSSR count). The third-order valence-corrected chi connectivity index (χ3v) is 3.35. The first kappa shape index (κ1) is 13.1. The molecule has 100 valence electrons. The van der Waals surface area contributed by atoms with Crippen molar-refractivity contribution in [2.75, 3.05) is 12.3 Å². The first-order valence-corrected chi connectivity index (χ1v) is 6.27. The molecule has 1 amide bonds. The molecular weight excluding hydrogens is 268 g/mol. The highest BCUT2D eigenvalue weighted by Crippen LogP contribution is 2.27. The largest absolute Gasteiger partial charge is 0.462 e. The van der Waals surface area contributed by atoms with Crippen molar-refractivity contribution in [2.45, 2.75) is 6.92 Å². The maximum atomic E-state index is 11.5. The Morgan fingerprint density at radius 2 is 2.21 bits per heavy atom. The summed E-state index contributed by atoms with van der Waals surface area (Å²) in [6.07, 6.45) is 0. The van der Waals surface area contributed by atoms with Crippen molar-refractivity contribution in [1.29, 1.82) is 0 Å². The maximum Gasteiger partial charge on any atom is 0.348 e. The number of nitrogens with zero attached hydrogens (tertiary/aromatic N) is 1. The van der Waals surface area contributed by atoms with Gasteiger partial charge in [-0.15, -0.1) is 11.3 Å². The van der Waals surface area contributed by atoms with E-state index < -0.39 is 11.9 Å². The van der Waals surface area contributed by atoms with E-state index in [9.17, 15) is 9.59 Å². The van der Waals surface area contributed by atoms with Crippen LogP contribution in [0.2, 0.25) is 0 Å². The van der Waals surface area contributed by atoms with Crippen LogP contribution in [0.3, 0.4) is 0 Å². The van der Waals surface area contributed by atoms with Gasteiger partial charge in [0.05, 0.1) is 11.5 Å².